The molecule has 178 valence electrons. The molecule has 3 aromatic rings. The molecule has 4 rings (SSSR count). The van der Waals surface area contributed by atoms with E-state index >= 15 is 0 Å². The number of nitrogens with two attached hydrogens (primary N) is 1. The smallest absolute Gasteiger partial charge is 0.255 e. The average Bonchev–Trinajstić information content (AvgIpc) is 2.88. The minimum Gasteiger partial charge on any atom is -0.331 e. The molecule has 7 heteroatoms. The molecule has 1 saturated carbocycles. The molecule has 0 aliphatic heterocycles. The topological polar surface area (TPSA) is 99.2 Å². The van der Waals surface area contributed by atoms with Crippen LogP contribution in [0, 0.1) is 17.1 Å². The number of nitriles is 1. The predicted octanol–water partition coefficient (Wildman–Crippen LogP) is 4.86. The molecule has 3 N–H and O–H groups in total. The summed E-state index contributed by atoms with van der Waals surface area (Å²) in [5, 5.41) is 11.8. The SMILES string of the molecule is N#Cc1ccc(C(=O)N(Cc2ccc(NC(=O)c3cccc(F)c3)cc2)C2CCC(N)CC2)cc1. The van der Waals surface area contributed by atoms with Crippen molar-refractivity contribution in [2.45, 2.75) is 44.3 Å². The normalized spacial score (nSPS) is 17.3. The molecule has 3 aromatic carbocycles. The van der Waals surface area contributed by atoms with Gasteiger partial charge in [0.25, 0.3) is 11.8 Å². The first-order valence-corrected chi connectivity index (χ1v) is 11.7. The van der Waals surface area contributed by atoms with Crippen LogP contribution in [0.2, 0.25) is 0 Å². The van der Waals surface area contributed by atoms with Crippen LogP contribution in [0.3, 0.4) is 0 Å². The summed E-state index contributed by atoms with van der Waals surface area (Å²) in [6, 6.07) is 21.8. The van der Waals surface area contributed by atoms with Crippen LogP contribution < -0.4 is 11.1 Å². The van der Waals surface area contributed by atoms with Crippen LogP contribution in [-0.4, -0.2) is 28.8 Å². The number of carbonyl (C=O) groups is 2. The lowest BCUT2D eigenvalue weighted by atomic mass is 9.90. The number of nitrogens with zero attached hydrogens (tertiary/aromatic N) is 2. The molecule has 0 spiro atoms. The van der Waals surface area contributed by atoms with Crippen molar-refractivity contribution < 1.29 is 14.0 Å². The molecule has 0 atom stereocenters. The Bertz CT molecular complexity index is 1230. The molecule has 1 fully saturated rings. The lowest BCUT2D eigenvalue weighted by molar-refractivity contribution is 0.0606. The molecule has 0 bridgehead atoms. The maximum Gasteiger partial charge on any atom is 0.255 e. The highest BCUT2D eigenvalue weighted by molar-refractivity contribution is 6.04. The van der Waals surface area contributed by atoms with Crippen molar-refractivity contribution in [2.24, 2.45) is 5.73 Å². The summed E-state index contributed by atoms with van der Waals surface area (Å²) in [5.74, 6) is -0.949. The van der Waals surface area contributed by atoms with Gasteiger partial charge in [-0.25, -0.2) is 4.39 Å². The lowest BCUT2D eigenvalue weighted by Crippen LogP contribution is -2.43. The van der Waals surface area contributed by atoms with Crippen molar-refractivity contribution in [1.29, 1.82) is 5.26 Å². The van der Waals surface area contributed by atoms with Gasteiger partial charge < -0.3 is 16.0 Å². The van der Waals surface area contributed by atoms with E-state index in [4.69, 9.17) is 11.0 Å². The molecular weight excluding hydrogens is 443 g/mol. The van der Waals surface area contributed by atoms with E-state index in [0.29, 0.717) is 23.4 Å². The van der Waals surface area contributed by atoms with Crippen molar-refractivity contribution >= 4 is 17.5 Å². The number of carbonyl (C=O) groups excluding carboxylic acids is 2. The molecule has 0 saturated heterocycles. The lowest BCUT2D eigenvalue weighted by Gasteiger charge is -2.36. The third kappa shape index (κ3) is 6.11. The van der Waals surface area contributed by atoms with E-state index in [9.17, 15) is 14.0 Å². The Hall–Kier alpha value is -4.02. The second-order valence-corrected chi connectivity index (χ2v) is 8.85. The second-order valence-electron chi connectivity index (χ2n) is 8.85. The van der Waals surface area contributed by atoms with Gasteiger partial charge in [-0.3, -0.25) is 9.59 Å². The van der Waals surface area contributed by atoms with Crippen LogP contribution in [0.15, 0.2) is 72.8 Å². The number of hydrogen-bond acceptors (Lipinski definition) is 4. The molecule has 0 radical (unpaired) electrons. The van der Waals surface area contributed by atoms with E-state index in [2.05, 4.69) is 11.4 Å². The number of hydrogen-bond donors (Lipinski definition) is 2. The van der Waals surface area contributed by atoms with Crippen molar-refractivity contribution in [3.8, 4) is 6.07 Å². The van der Waals surface area contributed by atoms with Gasteiger partial charge >= 0.3 is 0 Å². The first-order valence-electron chi connectivity index (χ1n) is 11.7. The predicted molar refractivity (Wildman–Crippen MR) is 132 cm³/mol. The van der Waals surface area contributed by atoms with E-state index in [1.807, 2.05) is 17.0 Å². The molecule has 0 heterocycles. The fourth-order valence-electron chi connectivity index (χ4n) is 4.36. The van der Waals surface area contributed by atoms with E-state index in [0.717, 1.165) is 31.2 Å². The van der Waals surface area contributed by atoms with Gasteiger partial charge in [0.05, 0.1) is 11.6 Å². The monoisotopic (exact) mass is 470 g/mol. The molecule has 0 unspecified atom stereocenters. The molecule has 0 aromatic heterocycles. The summed E-state index contributed by atoms with van der Waals surface area (Å²) in [6.45, 7) is 0.414. The number of rotatable bonds is 6. The standard InChI is InChI=1S/C28H27FN4O2/c29-23-3-1-2-22(16-23)27(34)32-25-12-6-20(7-13-25)18-33(26-14-10-24(31)11-15-26)28(35)21-8-4-19(17-30)5-9-21/h1-9,12-13,16,24,26H,10-11,14-15,18,31H2,(H,32,34). The largest absolute Gasteiger partial charge is 0.331 e. The summed E-state index contributed by atoms with van der Waals surface area (Å²) in [7, 11) is 0. The quantitative estimate of drug-likeness (QED) is 0.537. The molecule has 6 nitrogen and oxygen atoms in total. The van der Waals surface area contributed by atoms with Crippen LogP contribution >= 0.6 is 0 Å². The third-order valence-electron chi connectivity index (χ3n) is 6.36. The van der Waals surface area contributed by atoms with Crippen molar-refractivity contribution in [1.82, 2.24) is 4.90 Å². The Morgan fingerprint density at radius 2 is 1.66 bits per heavy atom. The van der Waals surface area contributed by atoms with Gasteiger partial charge in [-0.1, -0.05) is 18.2 Å². The van der Waals surface area contributed by atoms with E-state index < -0.39 is 11.7 Å². The van der Waals surface area contributed by atoms with Gasteiger partial charge in [-0.05, 0) is 85.8 Å². The minimum atomic E-state index is -0.469. The fourth-order valence-corrected chi connectivity index (χ4v) is 4.36. The summed E-state index contributed by atoms with van der Waals surface area (Å²) in [5.41, 5.74) is 8.87. The number of nitrogens with one attached hydrogen (secondary N) is 1. The van der Waals surface area contributed by atoms with Crippen LogP contribution in [0.5, 0.6) is 0 Å². The molecule has 1 aliphatic carbocycles. The van der Waals surface area contributed by atoms with Crippen LogP contribution in [0.25, 0.3) is 0 Å². The van der Waals surface area contributed by atoms with E-state index in [1.54, 1.807) is 42.5 Å². The summed E-state index contributed by atoms with van der Waals surface area (Å²) >= 11 is 0. The Morgan fingerprint density at radius 3 is 2.29 bits per heavy atom. The fraction of sp³-hybridized carbons (Fsp3) is 0.250. The van der Waals surface area contributed by atoms with Crippen molar-refractivity contribution in [3.63, 3.8) is 0 Å². The first-order chi connectivity index (χ1) is 16.9. The number of anilines is 1. The third-order valence-corrected chi connectivity index (χ3v) is 6.36. The number of halogens is 1. The minimum absolute atomic E-state index is 0.0744. The van der Waals surface area contributed by atoms with Crippen LogP contribution in [0.1, 0.15) is 57.5 Å². The van der Waals surface area contributed by atoms with Gasteiger partial charge in [0, 0.05) is 35.4 Å². The van der Waals surface area contributed by atoms with Gasteiger partial charge in [0.1, 0.15) is 5.82 Å². The first kappa shape index (κ1) is 24.1. The average molecular weight is 471 g/mol. The zero-order valence-electron chi connectivity index (χ0n) is 19.3. The molecule has 35 heavy (non-hydrogen) atoms. The van der Waals surface area contributed by atoms with Gasteiger partial charge in [0.2, 0.25) is 0 Å². The highest BCUT2D eigenvalue weighted by Crippen LogP contribution is 2.26. The zero-order valence-corrected chi connectivity index (χ0v) is 19.3. The molecular formula is C28H27FN4O2. The summed E-state index contributed by atoms with van der Waals surface area (Å²) in [6.07, 6.45) is 3.41. The molecule has 2 amide bonds. The van der Waals surface area contributed by atoms with Gasteiger partial charge in [0.15, 0.2) is 0 Å². The van der Waals surface area contributed by atoms with Gasteiger partial charge in [-0.15, -0.1) is 0 Å². The van der Waals surface area contributed by atoms with E-state index in [-0.39, 0.29) is 23.6 Å². The van der Waals surface area contributed by atoms with Crippen LogP contribution in [0.4, 0.5) is 10.1 Å². The highest BCUT2D eigenvalue weighted by atomic mass is 19.1. The second kappa shape index (κ2) is 10.9. The van der Waals surface area contributed by atoms with Gasteiger partial charge in [-0.2, -0.15) is 5.26 Å². The maximum absolute atomic E-state index is 13.5. The van der Waals surface area contributed by atoms with E-state index in [1.165, 1.54) is 18.2 Å². The van der Waals surface area contributed by atoms with Crippen molar-refractivity contribution in [3.05, 3.63) is 101 Å². The zero-order chi connectivity index (χ0) is 24.8. The Kier molecular flexibility index (Phi) is 7.54. The Balaban J connectivity index is 1.49. The van der Waals surface area contributed by atoms with Crippen molar-refractivity contribution in [2.75, 3.05) is 5.32 Å². The highest BCUT2D eigenvalue weighted by Gasteiger charge is 2.28. The maximum atomic E-state index is 13.5. The van der Waals surface area contributed by atoms with Crippen LogP contribution in [-0.2, 0) is 6.54 Å². The molecule has 1 aliphatic rings. The Labute approximate surface area is 204 Å². The summed E-state index contributed by atoms with van der Waals surface area (Å²) in [4.78, 5) is 27.7. The number of amides is 2. The summed E-state index contributed by atoms with van der Waals surface area (Å²) < 4.78 is 13.4. The Morgan fingerprint density at radius 1 is 0.971 bits per heavy atom. The number of benzene rings is 3.